The molecule has 4 rings (SSSR count). The van der Waals surface area contributed by atoms with E-state index < -0.39 is 0 Å². The second kappa shape index (κ2) is 9.93. The Morgan fingerprint density at radius 2 is 1.97 bits per heavy atom. The molecule has 1 saturated heterocycles. The zero-order valence-electron chi connectivity index (χ0n) is 17.8. The van der Waals surface area contributed by atoms with Crippen LogP contribution < -0.4 is 15.2 Å². The number of hydrogen-bond acceptors (Lipinski definition) is 7. The minimum absolute atomic E-state index is 0.112. The van der Waals surface area contributed by atoms with Crippen molar-refractivity contribution >= 4 is 11.7 Å². The lowest BCUT2D eigenvalue weighted by Gasteiger charge is -2.36. The fraction of sp³-hybridized carbons (Fsp3) is 0.500. The number of fused-ring (bicyclic) bond motifs is 1. The van der Waals surface area contributed by atoms with Gasteiger partial charge in [0, 0.05) is 64.2 Å². The molecule has 0 radical (unpaired) electrons. The predicted molar refractivity (Wildman–Crippen MR) is 115 cm³/mol. The van der Waals surface area contributed by atoms with Crippen LogP contribution in [0.2, 0.25) is 0 Å². The first kappa shape index (κ1) is 21.3. The van der Waals surface area contributed by atoms with Gasteiger partial charge < -0.3 is 28.6 Å². The first-order valence-corrected chi connectivity index (χ1v) is 10.6. The number of rotatable bonds is 6. The van der Waals surface area contributed by atoms with E-state index in [-0.39, 0.29) is 18.1 Å². The summed E-state index contributed by atoms with van der Waals surface area (Å²) in [7, 11) is 1.58. The van der Waals surface area contributed by atoms with Gasteiger partial charge in [-0.05, 0) is 12.1 Å². The van der Waals surface area contributed by atoms with Crippen LogP contribution >= 0.6 is 0 Å². The van der Waals surface area contributed by atoms with Crippen molar-refractivity contribution in [1.82, 2.24) is 14.5 Å². The van der Waals surface area contributed by atoms with E-state index in [1.54, 1.807) is 17.9 Å². The van der Waals surface area contributed by atoms with Gasteiger partial charge in [-0.2, -0.15) is 0 Å². The number of piperazine rings is 1. The number of ether oxygens (including phenoxy) is 3. The summed E-state index contributed by atoms with van der Waals surface area (Å²) in [5.41, 5.74) is 0.978. The minimum Gasteiger partial charge on any atom is -0.490 e. The van der Waals surface area contributed by atoms with Crippen LogP contribution in [0.1, 0.15) is 16.1 Å². The number of pyridine rings is 2. The van der Waals surface area contributed by atoms with Crippen molar-refractivity contribution in [3.63, 3.8) is 0 Å². The molecular formula is C22H28N4O5. The average Bonchev–Trinajstić information content (AvgIpc) is 3.06. The maximum atomic E-state index is 13.6. The van der Waals surface area contributed by atoms with Gasteiger partial charge in [0.05, 0.1) is 19.8 Å². The zero-order chi connectivity index (χ0) is 21.6. The SMILES string of the molecule is COCCOc1cc(=O)n2c(c1C(=O)N1CCN(c3ccccn3)CC1)CCOCC2. The monoisotopic (exact) mass is 428 g/mol. The van der Waals surface area contributed by atoms with E-state index in [1.807, 2.05) is 23.1 Å². The lowest BCUT2D eigenvalue weighted by atomic mass is 10.1. The minimum atomic E-state index is -0.176. The van der Waals surface area contributed by atoms with Gasteiger partial charge in [0.15, 0.2) is 0 Å². The Bertz CT molecular complexity index is 954. The van der Waals surface area contributed by atoms with Crippen LogP contribution in [0.15, 0.2) is 35.3 Å². The zero-order valence-corrected chi connectivity index (χ0v) is 17.8. The lowest BCUT2D eigenvalue weighted by Crippen LogP contribution is -2.49. The Kier molecular flexibility index (Phi) is 6.83. The normalized spacial score (nSPS) is 16.5. The van der Waals surface area contributed by atoms with Crippen molar-refractivity contribution in [3.05, 3.63) is 52.1 Å². The fourth-order valence-electron chi connectivity index (χ4n) is 4.02. The molecule has 31 heavy (non-hydrogen) atoms. The quantitative estimate of drug-likeness (QED) is 0.629. The van der Waals surface area contributed by atoms with E-state index in [4.69, 9.17) is 14.2 Å². The standard InChI is InChI=1S/C22H28N4O5/c1-29-14-15-31-18-16-20(27)26-11-13-30-12-5-17(26)21(18)22(28)25-9-7-24(8-10-25)19-4-2-3-6-23-19/h2-4,6,16H,5,7-15H2,1H3. The number of amides is 1. The molecule has 0 saturated carbocycles. The number of anilines is 1. The Hall–Kier alpha value is -2.91. The van der Waals surface area contributed by atoms with E-state index in [0.29, 0.717) is 76.0 Å². The molecule has 0 atom stereocenters. The molecule has 9 nitrogen and oxygen atoms in total. The summed E-state index contributed by atoms with van der Waals surface area (Å²) in [5.74, 6) is 1.13. The molecular weight excluding hydrogens is 400 g/mol. The third-order valence-corrected chi connectivity index (χ3v) is 5.62. The molecule has 1 amide bonds. The van der Waals surface area contributed by atoms with Crippen molar-refractivity contribution < 1.29 is 19.0 Å². The van der Waals surface area contributed by atoms with Gasteiger partial charge in [0.2, 0.25) is 0 Å². The average molecular weight is 428 g/mol. The van der Waals surface area contributed by atoms with E-state index in [9.17, 15) is 9.59 Å². The van der Waals surface area contributed by atoms with Crippen LogP contribution in [0.4, 0.5) is 5.82 Å². The highest BCUT2D eigenvalue weighted by Gasteiger charge is 2.29. The lowest BCUT2D eigenvalue weighted by molar-refractivity contribution is 0.0736. The van der Waals surface area contributed by atoms with Crippen molar-refractivity contribution in [1.29, 1.82) is 0 Å². The van der Waals surface area contributed by atoms with Crippen LogP contribution in [-0.2, 0) is 22.4 Å². The summed E-state index contributed by atoms with van der Waals surface area (Å²) < 4.78 is 18.1. The summed E-state index contributed by atoms with van der Waals surface area (Å²) >= 11 is 0. The van der Waals surface area contributed by atoms with Gasteiger partial charge in [0.25, 0.3) is 11.5 Å². The number of aromatic nitrogens is 2. The summed E-state index contributed by atoms with van der Waals surface area (Å²) in [6, 6.07) is 7.24. The van der Waals surface area contributed by atoms with Crippen LogP contribution in [-0.4, -0.2) is 80.1 Å². The molecule has 9 heteroatoms. The largest absolute Gasteiger partial charge is 0.490 e. The van der Waals surface area contributed by atoms with Crippen molar-refractivity contribution in [3.8, 4) is 5.75 Å². The predicted octanol–water partition coefficient (Wildman–Crippen LogP) is 0.804. The van der Waals surface area contributed by atoms with E-state index in [0.717, 1.165) is 5.82 Å². The first-order valence-electron chi connectivity index (χ1n) is 10.6. The highest BCUT2D eigenvalue weighted by atomic mass is 16.5. The van der Waals surface area contributed by atoms with Gasteiger partial charge in [-0.1, -0.05) is 6.07 Å². The van der Waals surface area contributed by atoms with E-state index >= 15 is 0 Å². The maximum absolute atomic E-state index is 13.6. The Labute approximate surface area is 181 Å². The molecule has 0 aromatic carbocycles. The second-order valence-corrected chi connectivity index (χ2v) is 7.49. The number of carbonyl (C=O) groups excluding carboxylic acids is 1. The van der Waals surface area contributed by atoms with Gasteiger partial charge in [-0.3, -0.25) is 9.59 Å². The van der Waals surface area contributed by atoms with E-state index in [1.165, 1.54) is 6.07 Å². The molecule has 2 aromatic heterocycles. The van der Waals surface area contributed by atoms with Gasteiger partial charge in [0.1, 0.15) is 23.7 Å². The van der Waals surface area contributed by atoms with Crippen LogP contribution in [0.5, 0.6) is 5.75 Å². The summed E-state index contributed by atoms with van der Waals surface area (Å²) in [6.07, 6.45) is 2.27. The van der Waals surface area contributed by atoms with Crippen molar-refractivity contribution in [2.75, 3.05) is 64.6 Å². The number of hydrogen-bond donors (Lipinski definition) is 0. The molecule has 2 aromatic rings. The fourth-order valence-corrected chi connectivity index (χ4v) is 4.02. The highest BCUT2D eigenvalue weighted by Crippen LogP contribution is 2.25. The Morgan fingerprint density at radius 1 is 1.13 bits per heavy atom. The molecule has 1 fully saturated rings. The molecule has 0 spiro atoms. The maximum Gasteiger partial charge on any atom is 0.259 e. The summed E-state index contributed by atoms with van der Waals surface area (Å²) in [6.45, 7) is 4.52. The summed E-state index contributed by atoms with van der Waals surface area (Å²) in [4.78, 5) is 34.7. The molecule has 2 aliphatic heterocycles. The van der Waals surface area contributed by atoms with Crippen molar-refractivity contribution in [2.45, 2.75) is 13.0 Å². The molecule has 0 aliphatic carbocycles. The first-order chi connectivity index (χ1) is 15.2. The topological polar surface area (TPSA) is 86.1 Å². The Balaban J connectivity index is 1.59. The van der Waals surface area contributed by atoms with E-state index in [2.05, 4.69) is 9.88 Å². The van der Waals surface area contributed by atoms with Crippen LogP contribution in [0.25, 0.3) is 0 Å². The second-order valence-electron chi connectivity index (χ2n) is 7.49. The molecule has 0 unspecified atom stereocenters. The third-order valence-electron chi connectivity index (χ3n) is 5.62. The van der Waals surface area contributed by atoms with Crippen LogP contribution in [0, 0.1) is 0 Å². The summed E-state index contributed by atoms with van der Waals surface area (Å²) in [5, 5.41) is 0. The van der Waals surface area contributed by atoms with Gasteiger partial charge in [-0.15, -0.1) is 0 Å². The third kappa shape index (κ3) is 4.72. The Morgan fingerprint density at radius 3 is 2.71 bits per heavy atom. The number of nitrogens with zero attached hydrogens (tertiary/aromatic N) is 4. The highest BCUT2D eigenvalue weighted by molar-refractivity contribution is 5.98. The molecule has 0 N–H and O–H groups in total. The van der Waals surface area contributed by atoms with Crippen LogP contribution in [0.3, 0.4) is 0 Å². The number of carbonyl (C=O) groups is 1. The molecule has 4 heterocycles. The molecule has 166 valence electrons. The molecule has 2 aliphatic rings. The van der Waals surface area contributed by atoms with Gasteiger partial charge in [-0.25, -0.2) is 4.98 Å². The van der Waals surface area contributed by atoms with Gasteiger partial charge >= 0.3 is 0 Å². The molecule has 0 bridgehead atoms. The smallest absolute Gasteiger partial charge is 0.259 e. The van der Waals surface area contributed by atoms with Crippen molar-refractivity contribution in [2.24, 2.45) is 0 Å². The number of methoxy groups -OCH3 is 1.